The monoisotopic (exact) mass is 561 g/mol. The summed E-state index contributed by atoms with van der Waals surface area (Å²) in [7, 11) is 0. The maximum Gasteiger partial charge on any atom is 0.0544 e. The molecule has 0 unspecified atom stereocenters. The van der Waals surface area contributed by atoms with Gasteiger partial charge in [-0.2, -0.15) is 0 Å². The molecule has 7 aromatic carbocycles. The van der Waals surface area contributed by atoms with Crippen LogP contribution in [0.2, 0.25) is 0 Å². The largest absolute Gasteiger partial charge is 0.354 e. The number of rotatable bonds is 3. The van der Waals surface area contributed by atoms with Crippen LogP contribution in [0.1, 0.15) is 25.0 Å². The Bertz CT molecular complexity index is 2420. The van der Waals surface area contributed by atoms with Crippen LogP contribution in [0.25, 0.3) is 77.1 Å². The Labute approximate surface area is 257 Å². The van der Waals surface area contributed by atoms with E-state index in [4.69, 9.17) is 0 Å². The topological polar surface area (TPSA) is 15.8 Å². The van der Waals surface area contributed by atoms with Crippen molar-refractivity contribution in [3.05, 3.63) is 157 Å². The summed E-state index contributed by atoms with van der Waals surface area (Å²) in [5, 5.41) is 5.05. The molecular formula is C43H31N. The molecule has 0 atom stereocenters. The maximum atomic E-state index is 3.77. The van der Waals surface area contributed by atoms with Crippen LogP contribution in [0.15, 0.2) is 146 Å². The molecule has 1 heterocycles. The normalized spacial score (nSPS) is 13.4. The minimum absolute atomic E-state index is 0.00968. The summed E-state index contributed by atoms with van der Waals surface area (Å²) in [6.07, 6.45) is 0. The number of hydrogen-bond donors (Lipinski definition) is 1. The number of para-hydroxylation sites is 1. The molecule has 1 heteroatoms. The summed E-state index contributed by atoms with van der Waals surface area (Å²) < 4.78 is 0. The number of benzene rings is 7. The molecule has 0 radical (unpaired) electrons. The summed E-state index contributed by atoms with van der Waals surface area (Å²) >= 11 is 0. The Morgan fingerprint density at radius 1 is 0.432 bits per heavy atom. The highest BCUT2D eigenvalue weighted by Gasteiger charge is 2.36. The van der Waals surface area contributed by atoms with Gasteiger partial charge in [0.2, 0.25) is 0 Å². The van der Waals surface area contributed by atoms with Gasteiger partial charge in [0.05, 0.1) is 5.52 Å². The van der Waals surface area contributed by atoms with Gasteiger partial charge in [0.15, 0.2) is 0 Å². The molecule has 0 spiro atoms. The first kappa shape index (κ1) is 25.1. The Morgan fingerprint density at radius 3 is 1.80 bits per heavy atom. The van der Waals surface area contributed by atoms with Gasteiger partial charge in [-0.1, -0.05) is 135 Å². The van der Waals surface area contributed by atoms with Gasteiger partial charge in [-0.15, -0.1) is 0 Å². The molecule has 208 valence electrons. The van der Waals surface area contributed by atoms with E-state index in [9.17, 15) is 0 Å². The molecule has 0 saturated heterocycles. The van der Waals surface area contributed by atoms with Gasteiger partial charge in [-0.3, -0.25) is 0 Å². The third-order valence-electron chi connectivity index (χ3n) is 9.79. The lowest BCUT2D eigenvalue weighted by atomic mass is 9.82. The van der Waals surface area contributed by atoms with Crippen molar-refractivity contribution in [2.24, 2.45) is 0 Å². The maximum absolute atomic E-state index is 3.77. The summed E-state index contributed by atoms with van der Waals surface area (Å²) in [5.74, 6) is 0. The fraction of sp³-hybridized carbons (Fsp3) is 0.0698. The quantitative estimate of drug-likeness (QED) is 0.221. The van der Waals surface area contributed by atoms with Gasteiger partial charge in [-0.05, 0) is 85.1 Å². The molecule has 9 rings (SSSR count). The van der Waals surface area contributed by atoms with E-state index in [1.807, 2.05) is 0 Å². The average molecular weight is 562 g/mol. The van der Waals surface area contributed by atoms with E-state index in [-0.39, 0.29) is 5.41 Å². The molecule has 1 nitrogen and oxygen atoms in total. The molecule has 1 aromatic heterocycles. The molecule has 1 N–H and O–H groups in total. The highest BCUT2D eigenvalue weighted by molar-refractivity contribution is 6.15. The van der Waals surface area contributed by atoms with Gasteiger partial charge in [-0.25, -0.2) is 0 Å². The van der Waals surface area contributed by atoms with Crippen LogP contribution >= 0.6 is 0 Å². The van der Waals surface area contributed by atoms with Crippen molar-refractivity contribution in [2.45, 2.75) is 19.3 Å². The first-order valence-electron chi connectivity index (χ1n) is 15.4. The van der Waals surface area contributed by atoms with Crippen LogP contribution in [0.5, 0.6) is 0 Å². The zero-order valence-electron chi connectivity index (χ0n) is 24.9. The van der Waals surface area contributed by atoms with Gasteiger partial charge < -0.3 is 4.98 Å². The van der Waals surface area contributed by atoms with E-state index in [1.165, 1.54) is 88.2 Å². The Balaban J connectivity index is 1.16. The van der Waals surface area contributed by atoms with Crippen LogP contribution in [0.4, 0.5) is 0 Å². The van der Waals surface area contributed by atoms with E-state index >= 15 is 0 Å². The molecule has 0 aliphatic heterocycles. The third kappa shape index (κ3) is 3.66. The molecule has 44 heavy (non-hydrogen) atoms. The minimum Gasteiger partial charge on any atom is -0.354 e. The third-order valence-corrected chi connectivity index (χ3v) is 9.79. The second kappa shape index (κ2) is 9.30. The van der Waals surface area contributed by atoms with E-state index in [2.05, 4.69) is 164 Å². The van der Waals surface area contributed by atoms with Crippen molar-refractivity contribution in [1.29, 1.82) is 0 Å². The lowest BCUT2D eigenvalue weighted by Gasteiger charge is -2.21. The summed E-state index contributed by atoms with van der Waals surface area (Å²) in [6.45, 7) is 4.69. The van der Waals surface area contributed by atoms with Crippen molar-refractivity contribution in [3.63, 3.8) is 0 Å². The van der Waals surface area contributed by atoms with Gasteiger partial charge >= 0.3 is 0 Å². The van der Waals surface area contributed by atoms with Crippen molar-refractivity contribution in [3.8, 4) is 44.5 Å². The van der Waals surface area contributed by atoms with E-state index in [0.717, 1.165) is 0 Å². The fourth-order valence-electron chi connectivity index (χ4n) is 7.58. The lowest BCUT2D eigenvalue weighted by Crippen LogP contribution is -2.14. The Hall–Kier alpha value is -5.40. The molecule has 0 fully saturated rings. The second-order valence-electron chi connectivity index (χ2n) is 12.7. The molecule has 1 aliphatic carbocycles. The van der Waals surface area contributed by atoms with Gasteiger partial charge in [0, 0.05) is 27.3 Å². The first-order chi connectivity index (χ1) is 21.6. The number of hydrogen-bond acceptors (Lipinski definition) is 0. The highest BCUT2D eigenvalue weighted by atomic mass is 14.7. The first-order valence-corrected chi connectivity index (χ1v) is 15.4. The van der Waals surface area contributed by atoms with Crippen molar-refractivity contribution >= 4 is 32.6 Å². The van der Waals surface area contributed by atoms with Crippen LogP contribution in [-0.4, -0.2) is 4.98 Å². The molecular weight excluding hydrogens is 530 g/mol. The molecule has 0 bridgehead atoms. The van der Waals surface area contributed by atoms with Crippen LogP contribution in [0.3, 0.4) is 0 Å². The van der Waals surface area contributed by atoms with E-state index < -0.39 is 0 Å². The van der Waals surface area contributed by atoms with Gasteiger partial charge in [0.25, 0.3) is 0 Å². The van der Waals surface area contributed by atoms with Gasteiger partial charge in [0.1, 0.15) is 0 Å². The number of H-pyrrole nitrogens is 1. The number of fused-ring (bicyclic) bond motifs is 7. The molecule has 1 aliphatic rings. The van der Waals surface area contributed by atoms with Crippen molar-refractivity contribution in [2.75, 3.05) is 0 Å². The highest BCUT2D eigenvalue weighted by Crippen LogP contribution is 2.52. The predicted octanol–water partition coefficient (Wildman–Crippen LogP) is 11.8. The molecule has 0 saturated carbocycles. The average Bonchev–Trinajstić information content (AvgIpc) is 3.55. The summed E-state index contributed by atoms with van der Waals surface area (Å²) in [4.78, 5) is 3.77. The Kier molecular flexibility index (Phi) is 5.31. The number of nitrogens with one attached hydrogen (secondary N) is 1. The summed E-state index contributed by atoms with van der Waals surface area (Å²) in [6, 6.07) is 53.6. The lowest BCUT2D eigenvalue weighted by molar-refractivity contribution is 0.660. The fourth-order valence-corrected chi connectivity index (χ4v) is 7.58. The molecule has 0 amide bonds. The van der Waals surface area contributed by atoms with Crippen LogP contribution < -0.4 is 0 Å². The minimum atomic E-state index is -0.00968. The zero-order chi connectivity index (χ0) is 29.4. The van der Waals surface area contributed by atoms with Crippen LogP contribution in [-0.2, 0) is 5.41 Å². The van der Waals surface area contributed by atoms with Crippen LogP contribution in [0, 0.1) is 0 Å². The van der Waals surface area contributed by atoms with Crippen molar-refractivity contribution < 1.29 is 0 Å². The molecule has 8 aromatic rings. The van der Waals surface area contributed by atoms with E-state index in [0.29, 0.717) is 0 Å². The number of aromatic nitrogens is 1. The SMILES string of the molecule is CC1(C)c2ccccc2-c2c(-c3cccc(-c4cccc(-c5cccc6c5[nH]c5cc7ccccc7cc56)c4)c3)cccc21. The standard InChI is InChI=1S/C43H31N/c1-43(2)38-21-6-5-17-36(38)41-33(18-10-22-39(41)43)31-15-7-13-27(23-31)28-14-8-16-32(24-28)34-19-9-20-35-37-25-29-11-3-4-12-30(29)26-40(37)44-42(34)35/h3-26,44H,1-2H3. The predicted molar refractivity (Wildman–Crippen MR) is 187 cm³/mol. The summed E-state index contributed by atoms with van der Waals surface area (Å²) in [5.41, 5.74) is 15.3. The second-order valence-corrected chi connectivity index (χ2v) is 12.7. The smallest absolute Gasteiger partial charge is 0.0544 e. The van der Waals surface area contributed by atoms with Crippen molar-refractivity contribution in [1.82, 2.24) is 4.98 Å². The zero-order valence-corrected chi connectivity index (χ0v) is 24.9. The Morgan fingerprint density at radius 2 is 1.00 bits per heavy atom. The van der Waals surface area contributed by atoms with E-state index in [1.54, 1.807) is 0 Å². The number of aromatic amines is 1.